The molecule has 0 radical (unpaired) electrons. The zero-order valence-electron chi connectivity index (χ0n) is 13.0. The Balaban J connectivity index is 4.47. The second-order valence-electron chi connectivity index (χ2n) is 5.05. The van der Waals surface area contributed by atoms with E-state index in [9.17, 15) is 4.79 Å². The standard InChI is InChI=1S/C13H28N4O2/c1-10(2)11(3)16-13(14-7-8-19-6)15-9-12(18)17(4)5/h10-11H,7-9H2,1-6H3,(H2,14,15,16). The quantitative estimate of drug-likeness (QED) is 0.397. The summed E-state index contributed by atoms with van der Waals surface area (Å²) in [6.45, 7) is 7.75. The third-order valence-corrected chi connectivity index (χ3v) is 2.83. The van der Waals surface area contributed by atoms with Crippen LogP contribution >= 0.6 is 0 Å². The van der Waals surface area contributed by atoms with E-state index in [2.05, 4.69) is 36.4 Å². The highest BCUT2D eigenvalue weighted by Gasteiger charge is 2.10. The maximum atomic E-state index is 11.5. The van der Waals surface area contributed by atoms with Gasteiger partial charge >= 0.3 is 0 Å². The Morgan fingerprint density at radius 2 is 1.95 bits per heavy atom. The molecule has 0 spiro atoms. The SMILES string of the molecule is COCCNC(=NCC(=O)N(C)C)NC(C)C(C)C. The first-order valence-corrected chi connectivity index (χ1v) is 6.62. The van der Waals surface area contributed by atoms with Gasteiger partial charge in [-0.05, 0) is 12.8 Å². The summed E-state index contributed by atoms with van der Waals surface area (Å²) >= 11 is 0. The predicted octanol–water partition coefficient (Wildman–Crippen LogP) is 0.301. The number of likely N-dealkylation sites (N-methyl/N-ethyl adjacent to an activating group) is 1. The molecule has 6 nitrogen and oxygen atoms in total. The zero-order valence-corrected chi connectivity index (χ0v) is 13.0. The lowest BCUT2D eigenvalue weighted by molar-refractivity contribution is -0.127. The molecule has 1 amide bonds. The lowest BCUT2D eigenvalue weighted by Gasteiger charge is -2.21. The van der Waals surface area contributed by atoms with Gasteiger partial charge in [-0.2, -0.15) is 0 Å². The summed E-state index contributed by atoms with van der Waals surface area (Å²) in [6, 6.07) is 0.281. The summed E-state index contributed by atoms with van der Waals surface area (Å²) in [4.78, 5) is 17.4. The van der Waals surface area contributed by atoms with E-state index in [1.165, 1.54) is 4.90 Å². The molecule has 0 heterocycles. The van der Waals surface area contributed by atoms with E-state index >= 15 is 0 Å². The number of carbonyl (C=O) groups is 1. The molecule has 6 heteroatoms. The van der Waals surface area contributed by atoms with Crippen LogP contribution in [0.3, 0.4) is 0 Å². The number of nitrogens with one attached hydrogen (secondary N) is 2. The predicted molar refractivity (Wildman–Crippen MR) is 78.3 cm³/mol. The summed E-state index contributed by atoms with van der Waals surface area (Å²) in [5.74, 6) is 1.11. The largest absolute Gasteiger partial charge is 0.383 e. The second kappa shape index (κ2) is 9.61. The van der Waals surface area contributed by atoms with Crippen molar-refractivity contribution < 1.29 is 9.53 Å². The normalized spacial score (nSPS) is 13.3. The van der Waals surface area contributed by atoms with Crippen LogP contribution in [0.15, 0.2) is 4.99 Å². The lowest BCUT2D eigenvalue weighted by atomic mass is 10.1. The number of carbonyl (C=O) groups excluding carboxylic acids is 1. The van der Waals surface area contributed by atoms with E-state index < -0.39 is 0 Å². The number of rotatable bonds is 7. The van der Waals surface area contributed by atoms with Crippen LogP contribution in [0.1, 0.15) is 20.8 Å². The molecule has 0 aromatic rings. The van der Waals surface area contributed by atoms with E-state index in [1.807, 2.05) is 0 Å². The topological polar surface area (TPSA) is 66.0 Å². The molecule has 0 aliphatic rings. The van der Waals surface area contributed by atoms with E-state index in [0.717, 1.165) is 0 Å². The van der Waals surface area contributed by atoms with E-state index in [-0.39, 0.29) is 18.5 Å². The van der Waals surface area contributed by atoms with Gasteiger partial charge in [0.1, 0.15) is 6.54 Å². The molecule has 0 bridgehead atoms. The van der Waals surface area contributed by atoms with Gasteiger partial charge in [0, 0.05) is 33.8 Å². The minimum Gasteiger partial charge on any atom is -0.383 e. The van der Waals surface area contributed by atoms with Crippen molar-refractivity contribution in [1.82, 2.24) is 15.5 Å². The number of ether oxygens (including phenoxy) is 1. The number of methoxy groups -OCH3 is 1. The number of nitrogens with zero attached hydrogens (tertiary/aromatic N) is 2. The Kier molecular flexibility index (Phi) is 8.95. The molecule has 0 rings (SSSR count). The molecular formula is C13H28N4O2. The Hall–Kier alpha value is -1.30. The van der Waals surface area contributed by atoms with Crippen molar-refractivity contribution in [1.29, 1.82) is 0 Å². The molecule has 0 saturated carbocycles. The fourth-order valence-electron chi connectivity index (χ4n) is 1.09. The monoisotopic (exact) mass is 272 g/mol. The number of amides is 1. The molecule has 112 valence electrons. The fourth-order valence-corrected chi connectivity index (χ4v) is 1.09. The van der Waals surface area contributed by atoms with Crippen molar-refractivity contribution in [2.75, 3.05) is 40.9 Å². The zero-order chi connectivity index (χ0) is 14.8. The van der Waals surface area contributed by atoms with Crippen molar-refractivity contribution in [3.8, 4) is 0 Å². The highest BCUT2D eigenvalue weighted by molar-refractivity contribution is 5.84. The third kappa shape index (κ3) is 8.42. The average molecular weight is 272 g/mol. The molecule has 1 unspecified atom stereocenters. The smallest absolute Gasteiger partial charge is 0.243 e. The Morgan fingerprint density at radius 3 is 2.42 bits per heavy atom. The van der Waals surface area contributed by atoms with Crippen molar-refractivity contribution in [3.05, 3.63) is 0 Å². The molecule has 19 heavy (non-hydrogen) atoms. The van der Waals surface area contributed by atoms with E-state index in [1.54, 1.807) is 21.2 Å². The van der Waals surface area contributed by atoms with Crippen LogP contribution in [-0.4, -0.2) is 63.7 Å². The minimum atomic E-state index is -0.0231. The fraction of sp³-hybridized carbons (Fsp3) is 0.846. The highest BCUT2D eigenvalue weighted by atomic mass is 16.5. The number of hydrogen-bond acceptors (Lipinski definition) is 3. The third-order valence-electron chi connectivity index (χ3n) is 2.83. The van der Waals surface area contributed by atoms with Gasteiger partial charge in [-0.15, -0.1) is 0 Å². The Morgan fingerprint density at radius 1 is 1.32 bits per heavy atom. The van der Waals surface area contributed by atoms with Gasteiger partial charge in [0.05, 0.1) is 6.61 Å². The van der Waals surface area contributed by atoms with E-state index in [0.29, 0.717) is 25.0 Å². The molecule has 0 aliphatic heterocycles. The molecule has 0 aromatic carbocycles. The van der Waals surface area contributed by atoms with Crippen molar-refractivity contribution >= 4 is 11.9 Å². The van der Waals surface area contributed by atoms with Gasteiger partial charge in [0.2, 0.25) is 5.91 Å². The first-order valence-electron chi connectivity index (χ1n) is 6.62. The molecule has 0 fully saturated rings. The van der Waals surface area contributed by atoms with Gasteiger partial charge in [-0.1, -0.05) is 13.8 Å². The van der Waals surface area contributed by atoms with Gasteiger partial charge in [0.25, 0.3) is 0 Å². The highest BCUT2D eigenvalue weighted by Crippen LogP contribution is 1.99. The molecule has 0 aliphatic carbocycles. The number of hydrogen-bond donors (Lipinski definition) is 2. The molecule has 1 atom stereocenters. The summed E-state index contributed by atoms with van der Waals surface area (Å²) < 4.78 is 4.99. The maximum Gasteiger partial charge on any atom is 0.243 e. The van der Waals surface area contributed by atoms with Crippen LogP contribution in [0.4, 0.5) is 0 Å². The van der Waals surface area contributed by atoms with Gasteiger partial charge in [0.15, 0.2) is 5.96 Å². The first kappa shape index (κ1) is 17.7. The van der Waals surface area contributed by atoms with Crippen LogP contribution in [-0.2, 0) is 9.53 Å². The summed E-state index contributed by atoms with van der Waals surface area (Å²) in [5, 5.41) is 6.43. The van der Waals surface area contributed by atoms with Crippen molar-refractivity contribution in [3.63, 3.8) is 0 Å². The molecular weight excluding hydrogens is 244 g/mol. The van der Waals surface area contributed by atoms with Crippen LogP contribution in [0.25, 0.3) is 0 Å². The number of aliphatic imine (C=N–C) groups is 1. The van der Waals surface area contributed by atoms with Gasteiger partial charge in [-0.3, -0.25) is 4.79 Å². The molecule has 0 aromatic heterocycles. The maximum absolute atomic E-state index is 11.5. The van der Waals surface area contributed by atoms with Gasteiger partial charge in [-0.25, -0.2) is 4.99 Å². The van der Waals surface area contributed by atoms with Crippen LogP contribution in [0.2, 0.25) is 0 Å². The minimum absolute atomic E-state index is 0.0231. The molecule has 0 saturated heterocycles. The van der Waals surface area contributed by atoms with Gasteiger partial charge < -0.3 is 20.3 Å². The van der Waals surface area contributed by atoms with E-state index in [4.69, 9.17) is 4.74 Å². The van der Waals surface area contributed by atoms with Crippen molar-refractivity contribution in [2.45, 2.75) is 26.8 Å². The van der Waals surface area contributed by atoms with Crippen LogP contribution in [0, 0.1) is 5.92 Å². The Bertz CT molecular complexity index is 290. The summed E-state index contributed by atoms with van der Waals surface area (Å²) in [7, 11) is 5.10. The average Bonchev–Trinajstić information content (AvgIpc) is 2.34. The molecule has 2 N–H and O–H groups in total. The van der Waals surface area contributed by atoms with Crippen LogP contribution < -0.4 is 10.6 Å². The second-order valence-corrected chi connectivity index (χ2v) is 5.05. The van der Waals surface area contributed by atoms with Crippen LogP contribution in [0.5, 0.6) is 0 Å². The summed E-state index contributed by atoms with van der Waals surface area (Å²) in [6.07, 6.45) is 0. The first-order chi connectivity index (χ1) is 8.88. The number of guanidine groups is 1. The Labute approximate surface area is 116 Å². The summed E-state index contributed by atoms with van der Waals surface area (Å²) in [5.41, 5.74) is 0. The van der Waals surface area contributed by atoms with Crippen molar-refractivity contribution in [2.24, 2.45) is 10.9 Å². The lowest BCUT2D eigenvalue weighted by Crippen LogP contribution is -2.45.